The Morgan fingerprint density at radius 2 is 1.95 bits per heavy atom. The monoisotopic (exact) mass is 253 g/mol. The lowest BCUT2D eigenvalue weighted by Gasteiger charge is -2.21. The third-order valence-electron chi connectivity index (χ3n) is 3.51. The number of hydrogen-bond donors (Lipinski definition) is 0. The SMILES string of the molecule is CC(C)(C)c1ccccc1-c1nc2c(o1)C=CCC2. The van der Waals surface area contributed by atoms with Crippen LogP contribution in [0.15, 0.2) is 34.8 Å². The molecule has 0 atom stereocenters. The van der Waals surface area contributed by atoms with Crippen molar-refractivity contribution in [1.29, 1.82) is 0 Å². The Morgan fingerprint density at radius 3 is 2.68 bits per heavy atom. The Kier molecular flexibility index (Phi) is 2.81. The number of allylic oxidation sites excluding steroid dienone is 1. The average molecular weight is 253 g/mol. The summed E-state index contributed by atoms with van der Waals surface area (Å²) >= 11 is 0. The first-order valence-electron chi connectivity index (χ1n) is 6.82. The molecule has 2 heteroatoms. The van der Waals surface area contributed by atoms with Crippen LogP contribution in [0, 0.1) is 0 Å². The quantitative estimate of drug-likeness (QED) is 0.742. The topological polar surface area (TPSA) is 26.0 Å². The smallest absolute Gasteiger partial charge is 0.227 e. The van der Waals surface area contributed by atoms with Gasteiger partial charge in [-0.1, -0.05) is 45.0 Å². The van der Waals surface area contributed by atoms with Crippen LogP contribution in [0.1, 0.15) is 44.2 Å². The third kappa shape index (κ3) is 2.23. The summed E-state index contributed by atoms with van der Waals surface area (Å²) in [5.41, 5.74) is 3.55. The Balaban J connectivity index is 2.12. The average Bonchev–Trinajstić information content (AvgIpc) is 2.81. The lowest BCUT2D eigenvalue weighted by Crippen LogP contribution is -2.12. The van der Waals surface area contributed by atoms with Crippen LogP contribution in [0.2, 0.25) is 0 Å². The van der Waals surface area contributed by atoms with Crippen LogP contribution < -0.4 is 0 Å². The van der Waals surface area contributed by atoms with Crippen molar-refractivity contribution in [2.45, 2.75) is 39.0 Å². The van der Waals surface area contributed by atoms with Crippen LogP contribution in [0.4, 0.5) is 0 Å². The molecule has 2 aromatic rings. The first kappa shape index (κ1) is 12.2. The summed E-state index contributed by atoms with van der Waals surface area (Å²) < 4.78 is 5.93. The van der Waals surface area contributed by atoms with Crippen LogP contribution in [-0.2, 0) is 11.8 Å². The van der Waals surface area contributed by atoms with Crippen LogP contribution >= 0.6 is 0 Å². The molecule has 0 spiro atoms. The minimum Gasteiger partial charge on any atom is -0.436 e. The molecule has 0 bridgehead atoms. The standard InChI is InChI=1S/C17H19NO/c1-17(2,3)13-9-5-4-8-12(13)16-18-14-10-6-7-11-15(14)19-16/h4-5,7-9,11H,6,10H2,1-3H3. The number of fused-ring (bicyclic) bond motifs is 1. The number of oxazole rings is 1. The normalized spacial score (nSPS) is 14.5. The van der Waals surface area contributed by atoms with Crippen molar-refractivity contribution in [1.82, 2.24) is 4.98 Å². The summed E-state index contributed by atoms with van der Waals surface area (Å²) in [6.45, 7) is 6.65. The van der Waals surface area contributed by atoms with Crippen molar-refractivity contribution in [3.63, 3.8) is 0 Å². The van der Waals surface area contributed by atoms with Crippen molar-refractivity contribution >= 4 is 6.08 Å². The molecule has 0 unspecified atom stereocenters. The molecule has 0 amide bonds. The summed E-state index contributed by atoms with van der Waals surface area (Å²) in [5, 5.41) is 0. The van der Waals surface area contributed by atoms with E-state index in [9.17, 15) is 0 Å². The summed E-state index contributed by atoms with van der Waals surface area (Å²) in [6, 6.07) is 8.38. The van der Waals surface area contributed by atoms with Gasteiger partial charge in [0, 0.05) is 5.56 Å². The number of rotatable bonds is 1. The molecule has 1 aliphatic carbocycles. The fourth-order valence-electron chi connectivity index (χ4n) is 2.52. The predicted molar refractivity (Wildman–Crippen MR) is 78.0 cm³/mol. The van der Waals surface area contributed by atoms with E-state index in [1.807, 2.05) is 12.1 Å². The van der Waals surface area contributed by atoms with Gasteiger partial charge in [0.15, 0.2) is 5.76 Å². The van der Waals surface area contributed by atoms with Crippen LogP contribution in [0.25, 0.3) is 17.5 Å². The molecule has 0 radical (unpaired) electrons. The second kappa shape index (κ2) is 4.37. The molecule has 1 aliphatic rings. The van der Waals surface area contributed by atoms with Gasteiger partial charge < -0.3 is 4.42 Å². The van der Waals surface area contributed by atoms with Gasteiger partial charge in [0.05, 0.1) is 5.69 Å². The number of benzene rings is 1. The molecule has 3 rings (SSSR count). The summed E-state index contributed by atoms with van der Waals surface area (Å²) in [4.78, 5) is 4.68. The van der Waals surface area contributed by atoms with Crippen molar-refractivity contribution in [3.05, 3.63) is 47.4 Å². The van der Waals surface area contributed by atoms with Crippen molar-refractivity contribution < 1.29 is 4.42 Å². The highest BCUT2D eigenvalue weighted by atomic mass is 16.4. The maximum atomic E-state index is 5.93. The molecule has 19 heavy (non-hydrogen) atoms. The fourth-order valence-corrected chi connectivity index (χ4v) is 2.52. The third-order valence-corrected chi connectivity index (χ3v) is 3.51. The van der Waals surface area contributed by atoms with E-state index >= 15 is 0 Å². The number of hydrogen-bond acceptors (Lipinski definition) is 2. The van der Waals surface area contributed by atoms with E-state index in [1.165, 1.54) is 5.56 Å². The van der Waals surface area contributed by atoms with Gasteiger partial charge in [0.1, 0.15) is 0 Å². The van der Waals surface area contributed by atoms with Gasteiger partial charge in [0.2, 0.25) is 5.89 Å². The number of nitrogens with zero attached hydrogens (tertiary/aromatic N) is 1. The van der Waals surface area contributed by atoms with Gasteiger partial charge in [-0.3, -0.25) is 0 Å². The Hall–Kier alpha value is -1.83. The molecule has 2 nitrogen and oxygen atoms in total. The zero-order valence-electron chi connectivity index (χ0n) is 11.7. The molecule has 0 aliphatic heterocycles. The van der Waals surface area contributed by atoms with Gasteiger partial charge in [0.25, 0.3) is 0 Å². The summed E-state index contributed by atoms with van der Waals surface area (Å²) in [7, 11) is 0. The maximum absolute atomic E-state index is 5.93. The van der Waals surface area contributed by atoms with E-state index in [4.69, 9.17) is 4.42 Å². The van der Waals surface area contributed by atoms with Crippen molar-refractivity contribution in [2.75, 3.05) is 0 Å². The Labute approximate surface area is 114 Å². The molecule has 1 aromatic carbocycles. The van der Waals surface area contributed by atoms with E-state index in [0.29, 0.717) is 0 Å². The van der Waals surface area contributed by atoms with Crippen LogP contribution in [0.3, 0.4) is 0 Å². The van der Waals surface area contributed by atoms with E-state index in [-0.39, 0.29) is 5.41 Å². The van der Waals surface area contributed by atoms with Gasteiger partial charge in [-0.15, -0.1) is 0 Å². The first-order valence-corrected chi connectivity index (χ1v) is 6.82. The molecule has 1 aromatic heterocycles. The largest absolute Gasteiger partial charge is 0.436 e. The molecule has 0 fully saturated rings. The molecule has 98 valence electrons. The molecular weight excluding hydrogens is 234 g/mol. The fraction of sp³-hybridized carbons (Fsp3) is 0.353. The molecule has 1 heterocycles. The predicted octanol–water partition coefficient (Wildman–Crippen LogP) is 4.60. The molecule has 0 saturated heterocycles. The highest BCUT2D eigenvalue weighted by molar-refractivity contribution is 5.63. The van der Waals surface area contributed by atoms with Gasteiger partial charge in [-0.25, -0.2) is 4.98 Å². The lowest BCUT2D eigenvalue weighted by atomic mass is 9.84. The molecule has 0 N–H and O–H groups in total. The van der Waals surface area contributed by atoms with Crippen LogP contribution in [0.5, 0.6) is 0 Å². The highest BCUT2D eigenvalue weighted by Crippen LogP contribution is 2.34. The first-order chi connectivity index (χ1) is 9.05. The van der Waals surface area contributed by atoms with Crippen LogP contribution in [-0.4, -0.2) is 4.98 Å². The van der Waals surface area contributed by atoms with Crippen molar-refractivity contribution in [2.24, 2.45) is 0 Å². The zero-order valence-corrected chi connectivity index (χ0v) is 11.7. The van der Waals surface area contributed by atoms with Gasteiger partial charge >= 0.3 is 0 Å². The Bertz CT molecular complexity index is 629. The van der Waals surface area contributed by atoms with Gasteiger partial charge in [-0.2, -0.15) is 0 Å². The second-order valence-electron chi connectivity index (χ2n) is 6.07. The van der Waals surface area contributed by atoms with E-state index in [1.54, 1.807) is 0 Å². The van der Waals surface area contributed by atoms with E-state index < -0.39 is 0 Å². The molecular formula is C17H19NO. The number of aryl methyl sites for hydroxylation is 1. The minimum absolute atomic E-state index is 0.0847. The highest BCUT2D eigenvalue weighted by Gasteiger charge is 2.22. The van der Waals surface area contributed by atoms with Gasteiger partial charge in [-0.05, 0) is 36.0 Å². The summed E-state index contributed by atoms with van der Waals surface area (Å²) in [6.07, 6.45) is 6.22. The second-order valence-corrected chi connectivity index (χ2v) is 6.07. The summed E-state index contributed by atoms with van der Waals surface area (Å²) in [5.74, 6) is 1.67. The maximum Gasteiger partial charge on any atom is 0.227 e. The van der Waals surface area contributed by atoms with E-state index in [2.05, 4.69) is 50.0 Å². The zero-order chi connectivity index (χ0) is 13.5. The lowest BCUT2D eigenvalue weighted by molar-refractivity contribution is 0.550. The van der Waals surface area contributed by atoms with Crippen molar-refractivity contribution in [3.8, 4) is 11.5 Å². The minimum atomic E-state index is 0.0847. The van der Waals surface area contributed by atoms with E-state index in [0.717, 1.165) is 35.7 Å². The number of aromatic nitrogens is 1. The molecule has 0 saturated carbocycles. The Morgan fingerprint density at radius 1 is 1.16 bits per heavy atom.